The van der Waals surface area contributed by atoms with Gasteiger partial charge in [-0.3, -0.25) is 4.72 Å². The van der Waals surface area contributed by atoms with Crippen molar-refractivity contribution in [2.24, 2.45) is 0 Å². The molecule has 1 aliphatic carbocycles. The first kappa shape index (κ1) is 10.6. The van der Waals surface area contributed by atoms with Gasteiger partial charge >= 0.3 is 5.97 Å². The second kappa shape index (κ2) is 3.94. The summed E-state index contributed by atoms with van der Waals surface area (Å²) in [5.74, 6) is -0.928. The molecule has 2 rings (SSSR count). The first-order valence-electron chi connectivity index (χ1n) is 4.57. The zero-order chi connectivity index (χ0) is 11.0. The molecule has 1 unspecified atom stereocenters. The van der Waals surface area contributed by atoms with Gasteiger partial charge in [0.1, 0.15) is 16.0 Å². The van der Waals surface area contributed by atoms with Gasteiger partial charge in [-0.15, -0.1) is 11.3 Å². The smallest absolute Gasteiger partial charge is 0.339 e. The van der Waals surface area contributed by atoms with Crippen molar-refractivity contribution in [3.63, 3.8) is 0 Å². The lowest BCUT2D eigenvalue weighted by atomic mass is 10.1. The Bertz CT molecular complexity index is 439. The van der Waals surface area contributed by atoms with E-state index in [2.05, 4.69) is 4.72 Å². The summed E-state index contributed by atoms with van der Waals surface area (Å²) in [5, 5.41) is 9.63. The number of aryl methyl sites for hydroxylation is 1. The summed E-state index contributed by atoms with van der Waals surface area (Å²) >= 11 is 1.42. The summed E-state index contributed by atoms with van der Waals surface area (Å²) in [6.07, 6.45) is 4.29. The molecule has 6 heteroatoms. The highest BCUT2D eigenvalue weighted by molar-refractivity contribution is 7.85. The van der Waals surface area contributed by atoms with Crippen molar-refractivity contribution in [2.75, 3.05) is 11.0 Å². The zero-order valence-electron chi connectivity index (χ0n) is 8.20. The summed E-state index contributed by atoms with van der Waals surface area (Å²) in [6.45, 7) is 0. The van der Waals surface area contributed by atoms with Crippen LogP contribution in [0.4, 0.5) is 5.00 Å². The van der Waals surface area contributed by atoms with E-state index in [1.807, 2.05) is 0 Å². The van der Waals surface area contributed by atoms with E-state index in [1.165, 1.54) is 17.6 Å². The SMILES string of the molecule is CS(=O)Nc1sc2c(c1C(=O)O)CCC2. The number of nitrogens with one attached hydrogen (secondary N) is 1. The van der Waals surface area contributed by atoms with Crippen LogP contribution in [0.5, 0.6) is 0 Å². The average molecular weight is 245 g/mol. The Morgan fingerprint density at radius 2 is 2.27 bits per heavy atom. The van der Waals surface area contributed by atoms with E-state index in [1.54, 1.807) is 0 Å². The summed E-state index contributed by atoms with van der Waals surface area (Å²) in [6, 6.07) is 0. The quantitative estimate of drug-likeness (QED) is 0.850. The van der Waals surface area contributed by atoms with Crippen LogP contribution in [0.2, 0.25) is 0 Å². The number of fused-ring (bicyclic) bond motifs is 1. The van der Waals surface area contributed by atoms with Gasteiger partial charge < -0.3 is 5.11 Å². The molecule has 15 heavy (non-hydrogen) atoms. The molecule has 0 amide bonds. The predicted molar refractivity (Wildman–Crippen MR) is 61.0 cm³/mol. The molecule has 1 heterocycles. The monoisotopic (exact) mass is 245 g/mol. The lowest BCUT2D eigenvalue weighted by Gasteiger charge is -2.01. The van der Waals surface area contributed by atoms with Crippen molar-refractivity contribution in [2.45, 2.75) is 19.3 Å². The maximum atomic E-state index is 11.1. The number of aromatic carboxylic acids is 1. The third-order valence-corrected chi connectivity index (χ3v) is 4.20. The van der Waals surface area contributed by atoms with Crippen molar-refractivity contribution in [1.29, 1.82) is 0 Å². The maximum Gasteiger partial charge on any atom is 0.339 e. The van der Waals surface area contributed by atoms with Gasteiger partial charge in [-0.1, -0.05) is 0 Å². The molecule has 82 valence electrons. The number of hydrogen-bond donors (Lipinski definition) is 2. The number of carbonyl (C=O) groups is 1. The molecular weight excluding hydrogens is 234 g/mol. The summed E-state index contributed by atoms with van der Waals surface area (Å²) < 4.78 is 13.7. The molecule has 0 aliphatic heterocycles. The van der Waals surface area contributed by atoms with E-state index in [9.17, 15) is 9.00 Å². The highest BCUT2D eigenvalue weighted by Gasteiger charge is 2.26. The van der Waals surface area contributed by atoms with Gasteiger partial charge in [0.15, 0.2) is 0 Å². The highest BCUT2D eigenvalue weighted by atomic mass is 32.2. The molecule has 1 aliphatic rings. The van der Waals surface area contributed by atoms with Crippen LogP contribution < -0.4 is 4.72 Å². The second-order valence-corrected chi connectivity index (χ2v) is 5.64. The van der Waals surface area contributed by atoms with Crippen LogP contribution in [-0.4, -0.2) is 21.5 Å². The molecule has 1 aromatic rings. The first-order chi connectivity index (χ1) is 7.09. The van der Waals surface area contributed by atoms with Crippen molar-refractivity contribution < 1.29 is 14.1 Å². The van der Waals surface area contributed by atoms with Crippen molar-refractivity contribution in [1.82, 2.24) is 0 Å². The minimum Gasteiger partial charge on any atom is -0.478 e. The van der Waals surface area contributed by atoms with E-state index < -0.39 is 17.0 Å². The fourth-order valence-corrected chi connectivity index (χ4v) is 3.85. The van der Waals surface area contributed by atoms with E-state index in [0.717, 1.165) is 29.7 Å². The minimum absolute atomic E-state index is 0.322. The van der Waals surface area contributed by atoms with Gasteiger partial charge in [0.25, 0.3) is 0 Å². The van der Waals surface area contributed by atoms with Gasteiger partial charge in [0, 0.05) is 11.1 Å². The highest BCUT2D eigenvalue weighted by Crippen LogP contribution is 2.39. The summed E-state index contributed by atoms with van der Waals surface area (Å²) in [5.41, 5.74) is 1.25. The Morgan fingerprint density at radius 1 is 1.53 bits per heavy atom. The molecule has 1 aromatic heterocycles. The van der Waals surface area contributed by atoms with Gasteiger partial charge in [0.2, 0.25) is 0 Å². The molecule has 0 radical (unpaired) electrons. The number of carboxylic acid groups (broad SMARTS) is 1. The van der Waals surface area contributed by atoms with E-state index in [-0.39, 0.29) is 0 Å². The standard InChI is InChI=1S/C9H11NO3S2/c1-15(13)10-8-7(9(11)12)5-3-2-4-6(5)14-8/h10H,2-4H2,1H3,(H,11,12). The molecule has 0 saturated carbocycles. The normalized spacial score (nSPS) is 16.1. The Labute approximate surface area is 93.9 Å². The number of thiophene rings is 1. The van der Waals surface area contributed by atoms with Crippen LogP contribution >= 0.6 is 11.3 Å². The van der Waals surface area contributed by atoms with E-state index >= 15 is 0 Å². The molecular formula is C9H11NO3S2. The second-order valence-electron chi connectivity index (χ2n) is 3.42. The largest absolute Gasteiger partial charge is 0.478 e. The number of anilines is 1. The summed E-state index contributed by atoms with van der Waals surface area (Å²) in [7, 11) is -1.22. The van der Waals surface area contributed by atoms with Gasteiger partial charge in [-0.2, -0.15) is 0 Å². The summed E-state index contributed by atoms with van der Waals surface area (Å²) in [4.78, 5) is 12.2. The molecule has 4 nitrogen and oxygen atoms in total. The fourth-order valence-electron chi connectivity index (χ4n) is 1.83. The molecule has 0 spiro atoms. The zero-order valence-corrected chi connectivity index (χ0v) is 9.83. The lowest BCUT2D eigenvalue weighted by Crippen LogP contribution is -2.06. The minimum atomic E-state index is -1.22. The van der Waals surface area contributed by atoms with E-state index in [0.29, 0.717) is 10.6 Å². The van der Waals surface area contributed by atoms with Crippen LogP contribution in [0.15, 0.2) is 0 Å². The molecule has 0 saturated heterocycles. The van der Waals surface area contributed by atoms with Crippen LogP contribution in [0.3, 0.4) is 0 Å². The maximum absolute atomic E-state index is 11.1. The van der Waals surface area contributed by atoms with Crippen molar-refractivity contribution in [3.05, 3.63) is 16.0 Å². The molecule has 0 aromatic carbocycles. The average Bonchev–Trinajstić information content (AvgIpc) is 2.60. The van der Waals surface area contributed by atoms with Gasteiger partial charge in [-0.25, -0.2) is 9.00 Å². The van der Waals surface area contributed by atoms with Crippen LogP contribution in [0.25, 0.3) is 0 Å². The number of rotatable bonds is 3. The fraction of sp³-hybridized carbons (Fsp3) is 0.444. The topological polar surface area (TPSA) is 66.4 Å². The Balaban J connectivity index is 2.46. The van der Waals surface area contributed by atoms with Gasteiger partial charge in [0.05, 0.1) is 5.56 Å². The van der Waals surface area contributed by atoms with Crippen LogP contribution in [0.1, 0.15) is 27.2 Å². The number of carboxylic acids is 1. The van der Waals surface area contributed by atoms with Crippen molar-refractivity contribution in [3.8, 4) is 0 Å². The third kappa shape index (κ3) is 1.91. The first-order valence-corrected chi connectivity index (χ1v) is 6.95. The predicted octanol–water partition coefficient (Wildman–Crippen LogP) is 1.64. The Hall–Kier alpha value is -0.880. The van der Waals surface area contributed by atoms with Gasteiger partial charge in [-0.05, 0) is 24.8 Å². The molecule has 1 atom stereocenters. The Morgan fingerprint density at radius 3 is 2.87 bits per heavy atom. The lowest BCUT2D eigenvalue weighted by molar-refractivity contribution is 0.0697. The Kier molecular flexibility index (Phi) is 2.79. The molecule has 0 fully saturated rings. The van der Waals surface area contributed by atoms with Crippen molar-refractivity contribution >= 4 is 33.3 Å². The molecule has 0 bridgehead atoms. The van der Waals surface area contributed by atoms with Crippen LogP contribution in [-0.2, 0) is 23.8 Å². The number of hydrogen-bond acceptors (Lipinski definition) is 3. The third-order valence-electron chi connectivity index (χ3n) is 2.37. The van der Waals surface area contributed by atoms with E-state index in [4.69, 9.17) is 5.11 Å². The molecule has 2 N–H and O–H groups in total. The van der Waals surface area contributed by atoms with Crippen LogP contribution in [0, 0.1) is 0 Å².